The number of aliphatic carboxylic acids is 1. The Morgan fingerprint density at radius 2 is 2.18 bits per heavy atom. The van der Waals surface area contributed by atoms with Gasteiger partial charge in [0.25, 0.3) is 5.91 Å². The predicted molar refractivity (Wildman–Crippen MR) is 36.2 cm³/mol. The summed E-state index contributed by atoms with van der Waals surface area (Å²) >= 11 is 0. The van der Waals surface area contributed by atoms with Gasteiger partial charge in [0, 0.05) is 0 Å². The van der Waals surface area contributed by atoms with Crippen LogP contribution < -0.4 is 11.3 Å². The second-order valence-corrected chi connectivity index (χ2v) is 2.86. The van der Waals surface area contributed by atoms with Crippen molar-refractivity contribution >= 4 is 11.9 Å². The first kappa shape index (κ1) is 8.00. The molecule has 4 N–H and O–H groups in total. The van der Waals surface area contributed by atoms with Crippen LogP contribution in [0.3, 0.4) is 0 Å². The Bertz CT molecular complexity index is 216. The molecule has 1 rings (SSSR count). The molecular formula is C6H10N2O3. The maximum atomic E-state index is 10.9. The summed E-state index contributed by atoms with van der Waals surface area (Å²) in [5.41, 5.74) is 0.618. The minimum atomic E-state index is -1.24. The molecule has 62 valence electrons. The van der Waals surface area contributed by atoms with Crippen molar-refractivity contribution in [3.05, 3.63) is 0 Å². The van der Waals surface area contributed by atoms with Crippen molar-refractivity contribution in [3.8, 4) is 0 Å². The normalized spacial score (nSPS) is 34.5. The lowest BCUT2D eigenvalue weighted by Crippen LogP contribution is -2.41. The summed E-state index contributed by atoms with van der Waals surface area (Å²) in [7, 11) is 0. The van der Waals surface area contributed by atoms with Crippen molar-refractivity contribution in [1.29, 1.82) is 0 Å². The van der Waals surface area contributed by atoms with Gasteiger partial charge < -0.3 is 5.11 Å². The first-order valence-electron chi connectivity index (χ1n) is 3.30. The molecule has 0 aromatic carbocycles. The van der Waals surface area contributed by atoms with Crippen LogP contribution in [0.15, 0.2) is 0 Å². The Hall–Kier alpha value is -1.10. The number of rotatable bonds is 2. The molecule has 2 unspecified atom stereocenters. The van der Waals surface area contributed by atoms with Gasteiger partial charge in [-0.2, -0.15) is 0 Å². The van der Waals surface area contributed by atoms with Crippen LogP contribution >= 0.6 is 0 Å². The van der Waals surface area contributed by atoms with Crippen molar-refractivity contribution in [2.45, 2.75) is 13.3 Å². The van der Waals surface area contributed by atoms with Crippen LogP contribution in [0, 0.1) is 11.3 Å². The third-order valence-electron chi connectivity index (χ3n) is 2.23. The first-order chi connectivity index (χ1) is 5.05. The fraction of sp³-hybridized carbons (Fsp3) is 0.667. The van der Waals surface area contributed by atoms with Crippen molar-refractivity contribution in [2.24, 2.45) is 17.2 Å². The van der Waals surface area contributed by atoms with E-state index in [-0.39, 0.29) is 5.92 Å². The smallest absolute Gasteiger partial charge is 0.319 e. The third-order valence-corrected chi connectivity index (χ3v) is 2.23. The quantitative estimate of drug-likeness (QED) is 0.210. The van der Waals surface area contributed by atoms with Crippen LogP contribution in [0.2, 0.25) is 0 Å². The lowest BCUT2D eigenvalue weighted by atomic mass is 10.0. The highest BCUT2D eigenvalue weighted by molar-refractivity contribution is 6.05. The molecule has 1 amide bonds. The summed E-state index contributed by atoms with van der Waals surface area (Å²) in [6.07, 6.45) is 0.380. The molecule has 5 nitrogen and oxygen atoms in total. The summed E-state index contributed by atoms with van der Waals surface area (Å²) in [6.45, 7) is 1.71. The molecule has 0 aliphatic heterocycles. The molecule has 0 aromatic rings. The minimum Gasteiger partial charge on any atom is -0.480 e. The van der Waals surface area contributed by atoms with E-state index in [0.717, 1.165) is 0 Å². The Morgan fingerprint density at radius 1 is 1.73 bits per heavy atom. The summed E-state index contributed by atoms with van der Waals surface area (Å²) in [4.78, 5) is 21.5. The standard InChI is InChI=1S/C6H10N2O3/c1-3-2-6(3,5(10)11)4(9)8-7/h3H,2,7H2,1H3,(H,8,9)(H,10,11). The van der Waals surface area contributed by atoms with E-state index < -0.39 is 17.3 Å². The average molecular weight is 158 g/mol. The maximum absolute atomic E-state index is 10.9. The van der Waals surface area contributed by atoms with Crippen LogP contribution in [0.1, 0.15) is 13.3 Å². The molecule has 5 heteroatoms. The number of hydrazine groups is 1. The highest BCUT2D eigenvalue weighted by Gasteiger charge is 2.63. The van der Waals surface area contributed by atoms with E-state index in [2.05, 4.69) is 0 Å². The minimum absolute atomic E-state index is 0.108. The van der Waals surface area contributed by atoms with Gasteiger partial charge in [-0.15, -0.1) is 0 Å². The Morgan fingerprint density at radius 3 is 2.27 bits per heavy atom. The second-order valence-electron chi connectivity index (χ2n) is 2.86. The summed E-state index contributed by atoms with van der Waals surface area (Å²) < 4.78 is 0. The molecule has 0 saturated heterocycles. The van der Waals surface area contributed by atoms with Gasteiger partial charge in [-0.1, -0.05) is 6.92 Å². The number of carbonyl (C=O) groups is 2. The number of hydrogen-bond acceptors (Lipinski definition) is 3. The number of carboxylic acid groups (broad SMARTS) is 1. The van der Waals surface area contributed by atoms with Crippen LogP contribution in [-0.2, 0) is 9.59 Å². The second kappa shape index (κ2) is 2.20. The molecule has 0 heterocycles. The van der Waals surface area contributed by atoms with Crippen LogP contribution in [0.5, 0.6) is 0 Å². The number of amides is 1. The topological polar surface area (TPSA) is 92.4 Å². The van der Waals surface area contributed by atoms with Gasteiger partial charge in [0.1, 0.15) is 0 Å². The van der Waals surface area contributed by atoms with Gasteiger partial charge in [0.15, 0.2) is 5.41 Å². The Kier molecular flexibility index (Phi) is 1.60. The van der Waals surface area contributed by atoms with E-state index in [1.54, 1.807) is 6.92 Å². The van der Waals surface area contributed by atoms with Crippen molar-refractivity contribution in [3.63, 3.8) is 0 Å². The molecule has 1 fully saturated rings. The molecule has 1 aliphatic rings. The van der Waals surface area contributed by atoms with E-state index in [9.17, 15) is 9.59 Å². The highest BCUT2D eigenvalue weighted by atomic mass is 16.4. The van der Waals surface area contributed by atoms with Gasteiger partial charge in [-0.25, -0.2) is 5.84 Å². The number of nitrogens with one attached hydrogen (secondary N) is 1. The molecule has 0 radical (unpaired) electrons. The summed E-state index contributed by atoms with van der Waals surface area (Å²) in [5.74, 6) is 3.04. The van der Waals surface area contributed by atoms with Crippen molar-refractivity contribution < 1.29 is 14.7 Å². The van der Waals surface area contributed by atoms with Gasteiger partial charge in [0.05, 0.1) is 0 Å². The zero-order valence-electron chi connectivity index (χ0n) is 6.13. The van der Waals surface area contributed by atoms with Crippen molar-refractivity contribution in [2.75, 3.05) is 0 Å². The highest BCUT2D eigenvalue weighted by Crippen LogP contribution is 2.52. The van der Waals surface area contributed by atoms with Gasteiger partial charge in [-0.05, 0) is 12.3 Å². The molecule has 0 bridgehead atoms. The SMILES string of the molecule is CC1CC1(C(=O)O)C(=O)NN. The van der Waals surface area contributed by atoms with Crippen LogP contribution in [0.25, 0.3) is 0 Å². The maximum Gasteiger partial charge on any atom is 0.319 e. The fourth-order valence-corrected chi connectivity index (χ4v) is 1.26. The molecule has 0 spiro atoms. The van der Waals surface area contributed by atoms with E-state index in [4.69, 9.17) is 10.9 Å². The van der Waals surface area contributed by atoms with E-state index in [1.807, 2.05) is 5.43 Å². The van der Waals surface area contributed by atoms with Crippen LogP contribution in [-0.4, -0.2) is 17.0 Å². The van der Waals surface area contributed by atoms with E-state index >= 15 is 0 Å². The van der Waals surface area contributed by atoms with E-state index in [0.29, 0.717) is 6.42 Å². The Labute approximate surface area is 63.5 Å². The molecule has 0 aromatic heterocycles. The number of carboxylic acids is 1. The van der Waals surface area contributed by atoms with Crippen molar-refractivity contribution in [1.82, 2.24) is 5.43 Å². The molecular weight excluding hydrogens is 148 g/mol. The number of nitrogens with two attached hydrogens (primary N) is 1. The van der Waals surface area contributed by atoms with Gasteiger partial charge in [-0.3, -0.25) is 15.0 Å². The lowest BCUT2D eigenvalue weighted by Gasteiger charge is -2.07. The van der Waals surface area contributed by atoms with Gasteiger partial charge in [0.2, 0.25) is 0 Å². The third kappa shape index (κ3) is 0.883. The zero-order chi connectivity index (χ0) is 8.65. The molecule has 1 aliphatic carbocycles. The lowest BCUT2D eigenvalue weighted by molar-refractivity contribution is -0.149. The fourth-order valence-electron chi connectivity index (χ4n) is 1.26. The molecule has 11 heavy (non-hydrogen) atoms. The number of hydrogen-bond donors (Lipinski definition) is 3. The predicted octanol–water partition coefficient (Wildman–Crippen LogP) is -0.913. The molecule has 2 atom stereocenters. The largest absolute Gasteiger partial charge is 0.480 e. The summed E-state index contributed by atoms with van der Waals surface area (Å²) in [6, 6.07) is 0. The first-order valence-corrected chi connectivity index (χ1v) is 3.30. The zero-order valence-corrected chi connectivity index (χ0v) is 6.13. The summed E-state index contributed by atoms with van der Waals surface area (Å²) in [5, 5.41) is 8.66. The number of carbonyl (C=O) groups excluding carboxylic acids is 1. The monoisotopic (exact) mass is 158 g/mol. The van der Waals surface area contributed by atoms with Gasteiger partial charge >= 0.3 is 5.97 Å². The molecule has 1 saturated carbocycles. The average Bonchev–Trinajstić information content (AvgIpc) is 2.61. The van der Waals surface area contributed by atoms with Crippen LogP contribution in [0.4, 0.5) is 0 Å². The van der Waals surface area contributed by atoms with E-state index in [1.165, 1.54) is 0 Å². The Balaban J connectivity index is 2.80.